The number of benzene rings is 1. The summed E-state index contributed by atoms with van der Waals surface area (Å²) in [5.74, 6) is 1.33. The van der Waals surface area contributed by atoms with Gasteiger partial charge in [0, 0.05) is 20.1 Å². The van der Waals surface area contributed by atoms with Crippen LogP contribution in [0, 0.1) is 0 Å². The monoisotopic (exact) mass is 385 g/mol. The minimum absolute atomic E-state index is 0.315. The maximum atomic E-state index is 12.8. The fraction of sp³-hybridized carbons (Fsp3) is 0.333. The first-order valence-corrected chi connectivity index (χ1v) is 9.46. The number of thiazole rings is 1. The van der Waals surface area contributed by atoms with Crippen LogP contribution in [0.25, 0.3) is 32.2 Å². The summed E-state index contributed by atoms with van der Waals surface area (Å²) in [6.45, 7) is 4.40. The summed E-state index contributed by atoms with van der Waals surface area (Å²) in [4.78, 5) is 34.7. The van der Waals surface area contributed by atoms with E-state index in [-0.39, 0.29) is 11.2 Å². The number of rotatable bonds is 4. The van der Waals surface area contributed by atoms with Crippen molar-refractivity contribution in [3.8, 4) is 16.6 Å². The zero-order valence-electron chi connectivity index (χ0n) is 15.5. The zero-order chi connectivity index (χ0) is 19.3. The molecule has 0 saturated carbocycles. The number of ether oxygens (including phenoxy) is 1. The predicted molar refractivity (Wildman–Crippen MR) is 106 cm³/mol. The molecule has 0 unspecified atom stereocenters. The third kappa shape index (κ3) is 2.49. The topological polar surface area (TPSA) is 83.9 Å². The van der Waals surface area contributed by atoms with Crippen molar-refractivity contribution in [3.05, 3.63) is 39.0 Å². The fourth-order valence-corrected chi connectivity index (χ4v) is 4.26. The van der Waals surface area contributed by atoms with Crippen LogP contribution in [0.4, 0.5) is 0 Å². The van der Waals surface area contributed by atoms with E-state index < -0.39 is 0 Å². The minimum Gasteiger partial charge on any atom is -0.497 e. The Kier molecular flexibility index (Phi) is 4.11. The second-order valence-corrected chi connectivity index (χ2v) is 7.13. The molecule has 0 radical (unpaired) electrons. The number of hydrogen-bond acceptors (Lipinski definition) is 6. The molecule has 3 aromatic heterocycles. The number of hydrogen-bond donors (Lipinski definition) is 0. The summed E-state index contributed by atoms with van der Waals surface area (Å²) in [5, 5.41) is 0.689. The van der Waals surface area contributed by atoms with Crippen LogP contribution in [0.2, 0.25) is 0 Å². The Morgan fingerprint density at radius 2 is 1.85 bits per heavy atom. The molecule has 0 N–H and O–H groups in total. The average molecular weight is 385 g/mol. The Morgan fingerprint density at radius 3 is 2.52 bits per heavy atom. The molecule has 0 bridgehead atoms. The lowest BCUT2D eigenvalue weighted by Crippen LogP contribution is -2.39. The maximum Gasteiger partial charge on any atom is 0.332 e. The molecule has 0 amide bonds. The van der Waals surface area contributed by atoms with Crippen molar-refractivity contribution in [2.45, 2.75) is 26.9 Å². The van der Waals surface area contributed by atoms with Gasteiger partial charge in [0.1, 0.15) is 5.75 Å². The number of methoxy groups -OCH3 is 1. The highest BCUT2D eigenvalue weighted by atomic mass is 32.1. The van der Waals surface area contributed by atoms with Crippen LogP contribution in [0.5, 0.6) is 5.75 Å². The molecule has 4 rings (SSSR count). The van der Waals surface area contributed by atoms with Gasteiger partial charge in [0.05, 0.1) is 17.3 Å². The van der Waals surface area contributed by atoms with Gasteiger partial charge in [0.2, 0.25) is 0 Å². The molecule has 140 valence electrons. The first kappa shape index (κ1) is 17.5. The second kappa shape index (κ2) is 6.34. The highest BCUT2D eigenvalue weighted by Gasteiger charge is 2.21. The van der Waals surface area contributed by atoms with E-state index in [2.05, 4.69) is 9.97 Å². The SMILES string of the molecule is CCn1c(=O)c2c(nc(-c3nc4ccc(OC)cc4s3)n2C)n(CC)c1=O. The van der Waals surface area contributed by atoms with Gasteiger partial charge in [-0.15, -0.1) is 11.3 Å². The number of fused-ring (bicyclic) bond motifs is 2. The van der Waals surface area contributed by atoms with Crippen LogP contribution in [0.3, 0.4) is 0 Å². The van der Waals surface area contributed by atoms with E-state index in [0.717, 1.165) is 16.0 Å². The van der Waals surface area contributed by atoms with Gasteiger partial charge in [-0.25, -0.2) is 14.8 Å². The van der Waals surface area contributed by atoms with E-state index in [1.807, 2.05) is 25.1 Å². The lowest BCUT2D eigenvalue weighted by Gasteiger charge is -2.08. The van der Waals surface area contributed by atoms with Crippen molar-refractivity contribution in [1.82, 2.24) is 23.7 Å². The molecular weight excluding hydrogens is 366 g/mol. The van der Waals surface area contributed by atoms with Gasteiger partial charge in [-0.2, -0.15) is 0 Å². The largest absolute Gasteiger partial charge is 0.497 e. The van der Waals surface area contributed by atoms with Crippen molar-refractivity contribution < 1.29 is 4.74 Å². The lowest BCUT2D eigenvalue weighted by molar-refractivity contribution is 0.415. The molecule has 0 aliphatic carbocycles. The minimum atomic E-state index is -0.337. The predicted octanol–water partition coefficient (Wildman–Crippen LogP) is 2.22. The third-order valence-corrected chi connectivity index (χ3v) is 5.68. The Labute approximate surface area is 158 Å². The van der Waals surface area contributed by atoms with E-state index >= 15 is 0 Å². The highest BCUT2D eigenvalue weighted by molar-refractivity contribution is 7.21. The molecule has 9 heteroatoms. The molecule has 0 fully saturated rings. The summed E-state index contributed by atoms with van der Waals surface area (Å²) in [7, 11) is 3.40. The number of aryl methyl sites for hydroxylation is 2. The quantitative estimate of drug-likeness (QED) is 0.538. The standard InChI is InChI=1S/C18H19N5O3S/c1-5-22-14-13(17(24)23(6-2)18(22)25)21(3)15(20-14)16-19-11-8-7-10(26-4)9-12(11)27-16/h7-9H,5-6H2,1-4H3. The smallest absolute Gasteiger partial charge is 0.332 e. The first-order valence-electron chi connectivity index (χ1n) is 8.65. The molecule has 0 spiro atoms. The molecule has 27 heavy (non-hydrogen) atoms. The number of aromatic nitrogens is 5. The van der Waals surface area contributed by atoms with Gasteiger partial charge in [-0.3, -0.25) is 13.9 Å². The molecule has 0 saturated heterocycles. The van der Waals surface area contributed by atoms with Crippen LogP contribution in [0.1, 0.15) is 13.8 Å². The van der Waals surface area contributed by atoms with Crippen LogP contribution in [-0.4, -0.2) is 30.8 Å². The highest BCUT2D eigenvalue weighted by Crippen LogP contribution is 2.32. The van der Waals surface area contributed by atoms with E-state index in [0.29, 0.717) is 35.1 Å². The Bertz CT molecular complexity index is 1290. The molecule has 1 aromatic carbocycles. The van der Waals surface area contributed by atoms with Crippen molar-refractivity contribution in [2.24, 2.45) is 7.05 Å². The Balaban J connectivity index is 2.04. The van der Waals surface area contributed by atoms with Crippen LogP contribution < -0.4 is 16.0 Å². The number of imidazole rings is 1. The van der Waals surface area contributed by atoms with Crippen molar-refractivity contribution in [1.29, 1.82) is 0 Å². The summed E-state index contributed by atoms with van der Waals surface area (Å²) in [5.41, 5.74) is 0.973. The molecule has 0 aliphatic heterocycles. The Morgan fingerprint density at radius 1 is 1.11 bits per heavy atom. The van der Waals surface area contributed by atoms with E-state index in [1.165, 1.54) is 20.5 Å². The molecular formula is C18H19N5O3S. The fourth-order valence-electron chi connectivity index (χ4n) is 3.25. The normalized spacial score (nSPS) is 11.6. The van der Waals surface area contributed by atoms with Crippen molar-refractivity contribution >= 4 is 32.7 Å². The Hall–Kier alpha value is -2.94. The third-order valence-electron chi connectivity index (χ3n) is 4.66. The summed E-state index contributed by atoms with van der Waals surface area (Å²) in [6, 6.07) is 5.67. The average Bonchev–Trinajstić information content (AvgIpc) is 3.22. The lowest BCUT2D eigenvalue weighted by atomic mass is 10.3. The van der Waals surface area contributed by atoms with Crippen molar-refractivity contribution in [2.75, 3.05) is 7.11 Å². The van der Waals surface area contributed by atoms with E-state index in [4.69, 9.17) is 4.74 Å². The summed E-state index contributed by atoms with van der Waals surface area (Å²) >= 11 is 1.47. The van der Waals surface area contributed by atoms with E-state index in [1.54, 1.807) is 25.6 Å². The van der Waals surface area contributed by atoms with Crippen LogP contribution in [-0.2, 0) is 20.1 Å². The van der Waals surface area contributed by atoms with Gasteiger partial charge in [-0.05, 0) is 32.0 Å². The van der Waals surface area contributed by atoms with Crippen LogP contribution in [0.15, 0.2) is 27.8 Å². The first-order chi connectivity index (χ1) is 13.0. The van der Waals surface area contributed by atoms with Gasteiger partial charge in [-0.1, -0.05) is 0 Å². The molecule has 4 aromatic rings. The van der Waals surface area contributed by atoms with Gasteiger partial charge >= 0.3 is 5.69 Å². The summed E-state index contributed by atoms with van der Waals surface area (Å²) < 4.78 is 10.7. The molecule has 8 nitrogen and oxygen atoms in total. The molecule has 0 aliphatic rings. The van der Waals surface area contributed by atoms with E-state index in [9.17, 15) is 9.59 Å². The summed E-state index contributed by atoms with van der Waals surface area (Å²) in [6.07, 6.45) is 0. The van der Waals surface area contributed by atoms with Crippen LogP contribution >= 0.6 is 11.3 Å². The number of nitrogens with zero attached hydrogens (tertiary/aromatic N) is 5. The second-order valence-electron chi connectivity index (χ2n) is 6.10. The zero-order valence-corrected chi connectivity index (χ0v) is 16.3. The van der Waals surface area contributed by atoms with Gasteiger partial charge < -0.3 is 9.30 Å². The van der Waals surface area contributed by atoms with Gasteiger partial charge in [0.25, 0.3) is 5.56 Å². The molecule has 0 atom stereocenters. The maximum absolute atomic E-state index is 12.8. The van der Waals surface area contributed by atoms with Gasteiger partial charge in [0.15, 0.2) is 22.0 Å². The molecule has 3 heterocycles. The van der Waals surface area contributed by atoms with Crippen molar-refractivity contribution in [3.63, 3.8) is 0 Å².